The summed E-state index contributed by atoms with van der Waals surface area (Å²) in [6.07, 6.45) is 5.19. The summed E-state index contributed by atoms with van der Waals surface area (Å²) in [5, 5.41) is 3.46. The number of nitrogens with zero attached hydrogens (tertiary/aromatic N) is 2. The van der Waals surface area contributed by atoms with Crippen LogP contribution >= 0.6 is 0 Å². The molecule has 2 heterocycles. The van der Waals surface area contributed by atoms with Gasteiger partial charge in [-0.25, -0.2) is 4.98 Å². The summed E-state index contributed by atoms with van der Waals surface area (Å²) in [5.41, 5.74) is 0. The van der Waals surface area contributed by atoms with E-state index in [2.05, 4.69) is 34.9 Å². The van der Waals surface area contributed by atoms with Crippen LogP contribution in [0.5, 0.6) is 0 Å². The van der Waals surface area contributed by atoms with Crippen LogP contribution in [-0.4, -0.2) is 22.1 Å². The fourth-order valence-electron chi connectivity index (χ4n) is 2.08. The molecule has 1 aromatic rings. The highest BCUT2D eigenvalue weighted by atomic mass is 15.1. The molecule has 0 saturated carbocycles. The van der Waals surface area contributed by atoms with Crippen molar-refractivity contribution in [2.24, 2.45) is 0 Å². The van der Waals surface area contributed by atoms with Crippen LogP contribution in [0.2, 0.25) is 0 Å². The largest absolute Gasteiger partial charge is 0.335 e. The molecule has 13 heavy (non-hydrogen) atoms. The number of rotatable bonds is 2. The van der Waals surface area contributed by atoms with Gasteiger partial charge in [-0.1, -0.05) is 0 Å². The lowest BCUT2D eigenvalue weighted by Gasteiger charge is -2.09. The number of imidazole rings is 1. The third kappa shape index (κ3) is 1.61. The number of nitrogens with one attached hydrogen (secondary N) is 1. The minimum atomic E-state index is 0.616. The minimum absolute atomic E-state index is 0.616. The SMILES string of the molecule is CCn1ccnc1C1CNC(C)C1. The van der Waals surface area contributed by atoms with Gasteiger partial charge in [0.15, 0.2) is 0 Å². The Morgan fingerprint density at radius 3 is 3.15 bits per heavy atom. The van der Waals surface area contributed by atoms with Gasteiger partial charge >= 0.3 is 0 Å². The first-order valence-corrected chi connectivity index (χ1v) is 5.05. The fourth-order valence-corrected chi connectivity index (χ4v) is 2.08. The van der Waals surface area contributed by atoms with Crippen LogP contribution in [0.25, 0.3) is 0 Å². The Kier molecular flexibility index (Phi) is 2.36. The van der Waals surface area contributed by atoms with Gasteiger partial charge in [0.1, 0.15) is 5.82 Å². The van der Waals surface area contributed by atoms with Gasteiger partial charge in [-0.3, -0.25) is 0 Å². The van der Waals surface area contributed by atoms with Crippen LogP contribution in [0.4, 0.5) is 0 Å². The highest BCUT2D eigenvalue weighted by Crippen LogP contribution is 2.23. The summed E-state index contributed by atoms with van der Waals surface area (Å²) in [6, 6.07) is 0.645. The first-order chi connectivity index (χ1) is 6.31. The molecule has 2 atom stereocenters. The molecule has 1 aliphatic heterocycles. The smallest absolute Gasteiger partial charge is 0.113 e. The van der Waals surface area contributed by atoms with Crippen LogP contribution in [0, 0.1) is 0 Å². The summed E-state index contributed by atoms with van der Waals surface area (Å²) in [6.45, 7) is 6.51. The zero-order valence-corrected chi connectivity index (χ0v) is 8.33. The van der Waals surface area contributed by atoms with Gasteiger partial charge in [0, 0.05) is 37.4 Å². The lowest BCUT2D eigenvalue weighted by Crippen LogP contribution is -2.17. The molecule has 3 nitrogen and oxygen atoms in total. The zero-order valence-electron chi connectivity index (χ0n) is 8.33. The van der Waals surface area contributed by atoms with Crippen molar-refractivity contribution in [2.75, 3.05) is 6.54 Å². The highest BCUT2D eigenvalue weighted by Gasteiger charge is 2.24. The van der Waals surface area contributed by atoms with Crippen molar-refractivity contribution in [3.63, 3.8) is 0 Å². The molecule has 1 N–H and O–H groups in total. The van der Waals surface area contributed by atoms with Gasteiger partial charge in [0.25, 0.3) is 0 Å². The molecule has 0 spiro atoms. The summed E-state index contributed by atoms with van der Waals surface area (Å²) in [4.78, 5) is 4.43. The van der Waals surface area contributed by atoms with Gasteiger partial charge in [0.2, 0.25) is 0 Å². The van der Waals surface area contributed by atoms with Gasteiger partial charge in [-0.05, 0) is 20.3 Å². The molecule has 0 radical (unpaired) electrons. The molecule has 72 valence electrons. The standard InChI is InChI=1S/C10H17N3/c1-3-13-5-4-11-10(13)9-6-8(2)12-7-9/h4-5,8-9,12H,3,6-7H2,1-2H3. The normalized spacial score (nSPS) is 28.2. The van der Waals surface area contributed by atoms with Crippen molar-refractivity contribution >= 4 is 0 Å². The van der Waals surface area contributed by atoms with Gasteiger partial charge in [-0.2, -0.15) is 0 Å². The van der Waals surface area contributed by atoms with E-state index in [-0.39, 0.29) is 0 Å². The second-order valence-corrected chi connectivity index (χ2v) is 3.81. The van der Waals surface area contributed by atoms with Crippen molar-refractivity contribution in [3.8, 4) is 0 Å². The Bertz CT molecular complexity index is 279. The number of aromatic nitrogens is 2. The van der Waals surface area contributed by atoms with E-state index in [9.17, 15) is 0 Å². The molecule has 0 aliphatic carbocycles. The molecule has 0 amide bonds. The molecule has 0 bridgehead atoms. The zero-order chi connectivity index (χ0) is 9.26. The van der Waals surface area contributed by atoms with Crippen molar-refractivity contribution < 1.29 is 0 Å². The van der Waals surface area contributed by atoms with E-state index in [1.165, 1.54) is 12.2 Å². The maximum Gasteiger partial charge on any atom is 0.113 e. The summed E-state index contributed by atoms with van der Waals surface area (Å²) < 4.78 is 2.24. The van der Waals surface area contributed by atoms with Crippen molar-refractivity contribution in [3.05, 3.63) is 18.2 Å². The van der Waals surface area contributed by atoms with E-state index >= 15 is 0 Å². The molecule has 3 heteroatoms. The van der Waals surface area contributed by atoms with Crippen LogP contribution in [0.1, 0.15) is 32.0 Å². The minimum Gasteiger partial charge on any atom is -0.335 e. The van der Waals surface area contributed by atoms with Gasteiger partial charge < -0.3 is 9.88 Å². The molecule has 1 saturated heterocycles. The first kappa shape index (κ1) is 8.75. The summed E-state index contributed by atoms with van der Waals surface area (Å²) >= 11 is 0. The van der Waals surface area contributed by atoms with E-state index < -0.39 is 0 Å². The molecular formula is C10H17N3. The van der Waals surface area contributed by atoms with Gasteiger partial charge in [-0.15, -0.1) is 0 Å². The maximum absolute atomic E-state index is 4.43. The van der Waals surface area contributed by atoms with E-state index in [1.54, 1.807) is 0 Å². The van der Waals surface area contributed by atoms with Crippen LogP contribution in [0.15, 0.2) is 12.4 Å². The summed E-state index contributed by atoms with van der Waals surface area (Å²) in [7, 11) is 0. The van der Waals surface area contributed by atoms with E-state index in [4.69, 9.17) is 0 Å². The maximum atomic E-state index is 4.43. The summed E-state index contributed by atoms with van der Waals surface area (Å²) in [5.74, 6) is 1.87. The number of hydrogen-bond acceptors (Lipinski definition) is 2. The number of aryl methyl sites for hydroxylation is 1. The predicted octanol–water partition coefficient (Wildman–Crippen LogP) is 1.37. The monoisotopic (exact) mass is 179 g/mol. The molecule has 2 unspecified atom stereocenters. The van der Waals surface area contributed by atoms with Crippen molar-refractivity contribution in [2.45, 2.75) is 38.8 Å². The third-order valence-electron chi connectivity index (χ3n) is 2.80. The Morgan fingerprint density at radius 2 is 2.54 bits per heavy atom. The lowest BCUT2D eigenvalue weighted by molar-refractivity contribution is 0.608. The fraction of sp³-hybridized carbons (Fsp3) is 0.700. The Morgan fingerprint density at radius 1 is 1.69 bits per heavy atom. The third-order valence-corrected chi connectivity index (χ3v) is 2.80. The van der Waals surface area contributed by atoms with Crippen molar-refractivity contribution in [1.82, 2.24) is 14.9 Å². The molecular weight excluding hydrogens is 162 g/mol. The van der Waals surface area contributed by atoms with Crippen molar-refractivity contribution in [1.29, 1.82) is 0 Å². The average Bonchev–Trinajstić information content (AvgIpc) is 2.71. The average molecular weight is 179 g/mol. The molecule has 0 aromatic carbocycles. The predicted molar refractivity (Wildman–Crippen MR) is 52.7 cm³/mol. The Balaban J connectivity index is 2.16. The molecule has 1 aromatic heterocycles. The molecule has 1 aliphatic rings. The highest BCUT2D eigenvalue weighted by molar-refractivity contribution is 5.05. The van der Waals surface area contributed by atoms with Crippen LogP contribution in [0.3, 0.4) is 0 Å². The topological polar surface area (TPSA) is 29.9 Å². The van der Waals surface area contributed by atoms with E-state index in [1.807, 2.05) is 6.20 Å². The van der Waals surface area contributed by atoms with Crippen LogP contribution < -0.4 is 5.32 Å². The second-order valence-electron chi connectivity index (χ2n) is 3.81. The first-order valence-electron chi connectivity index (χ1n) is 5.05. The number of hydrogen-bond donors (Lipinski definition) is 1. The Hall–Kier alpha value is -0.830. The van der Waals surface area contributed by atoms with Gasteiger partial charge in [0.05, 0.1) is 0 Å². The Labute approximate surface area is 79.2 Å². The second kappa shape index (κ2) is 3.50. The molecule has 2 rings (SSSR count). The quantitative estimate of drug-likeness (QED) is 0.743. The van der Waals surface area contributed by atoms with E-state index in [0.29, 0.717) is 12.0 Å². The van der Waals surface area contributed by atoms with Crippen LogP contribution in [-0.2, 0) is 6.54 Å². The molecule has 1 fully saturated rings. The van der Waals surface area contributed by atoms with E-state index in [0.717, 1.165) is 13.1 Å². The lowest BCUT2D eigenvalue weighted by atomic mass is 10.1.